The van der Waals surface area contributed by atoms with Crippen LogP contribution in [0.25, 0.3) is 10.6 Å². The van der Waals surface area contributed by atoms with E-state index < -0.39 is 0 Å². The van der Waals surface area contributed by atoms with Crippen LogP contribution in [0.4, 0.5) is 4.79 Å². The third kappa shape index (κ3) is 3.84. The number of nitriles is 1. The molecule has 1 atom stereocenters. The zero-order chi connectivity index (χ0) is 15.2. The maximum Gasteiger partial charge on any atom is 0.367 e. The van der Waals surface area contributed by atoms with Gasteiger partial charge in [0.05, 0.1) is 33.7 Å². The van der Waals surface area contributed by atoms with Gasteiger partial charge in [0, 0.05) is 0 Å². The number of thiophene rings is 1. The first-order chi connectivity index (χ1) is 10.2. The number of carbonyl (C=O) groups excluding carboxylic acids is 1. The molecule has 4 nitrogen and oxygen atoms in total. The number of pyridine rings is 1. The second-order valence-corrected chi connectivity index (χ2v) is 6.39. The SMILES string of the molecule is CCOC(=O)SC(C)c1nc(-c2cccs2)ccc1C#N. The highest BCUT2D eigenvalue weighted by molar-refractivity contribution is 8.13. The summed E-state index contributed by atoms with van der Waals surface area (Å²) in [6.45, 7) is 3.95. The summed E-state index contributed by atoms with van der Waals surface area (Å²) >= 11 is 2.63. The molecule has 1 unspecified atom stereocenters. The van der Waals surface area contributed by atoms with Crippen LogP contribution in [0.3, 0.4) is 0 Å². The monoisotopic (exact) mass is 318 g/mol. The van der Waals surface area contributed by atoms with Crippen LogP contribution in [-0.4, -0.2) is 16.9 Å². The molecule has 0 saturated heterocycles. The van der Waals surface area contributed by atoms with Crippen molar-refractivity contribution in [3.05, 3.63) is 40.9 Å². The van der Waals surface area contributed by atoms with Crippen molar-refractivity contribution in [1.82, 2.24) is 4.98 Å². The average molecular weight is 318 g/mol. The van der Waals surface area contributed by atoms with E-state index in [2.05, 4.69) is 11.1 Å². The molecule has 108 valence electrons. The fourth-order valence-electron chi connectivity index (χ4n) is 1.79. The smallest absolute Gasteiger partial charge is 0.367 e. The van der Waals surface area contributed by atoms with Gasteiger partial charge in [-0.3, -0.25) is 0 Å². The van der Waals surface area contributed by atoms with Crippen LogP contribution >= 0.6 is 23.1 Å². The van der Waals surface area contributed by atoms with Crippen LogP contribution in [0, 0.1) is 11.3 Å². The van der Waals surface area contributed by atoms with Gasteiger partial charge in [0.1, 0.15) is 6.07 Å². The molecule has 0 aliphatic heterocycles. The number of nitrogens with zero attached hydrogens (tertiary/aromatic N) is 2. The molecule has 21 heavy (non-hydrogen) atoms. The summed E-state index contributed by atoms with van der Waals surface area (Å²) in [5.41, 5.74) is 1.91. The Morgan fingerprint density at radius 3 is 2.95 bits per heavy atom. The molecule has 0 aliphatic carbocycles. The summed E-state index contributed by atoms with van der Waals surface area (Å²) in [5, 5.41) is 10.6. The third-order valence-electron chi connectivity index (χ3n) is 2.74. The molecular formula is C15H14N2O2S2. The summed E-state index contributed by atoms with van der Waals surface area (Å²) in [6.07, 6.45) is 0. The van der Waals surface area contributed by atoms with Gasteiger partial charge >= 0.3 is 5.30 Å². The second-order valence-electron chi connectivity index (χ2n) is 4.16. The molecule has 0 N–H and O–H groups in total. The predicted molar refractivity (Wildman–Crippen MR) is 85.3 cm³/mol. The quantitative estimate of drug-likeness (QED) is 0.769. The number of aromatic nitrogens is 1. The highest BCUT2D eigenvalue weighted by Gasteiger charge is 2.19. The highest BCUT2D eigenvalue weighted by atomic mass is 32.2. The van der Waals surface area contributed by atoms with Gasteiger partial charge in [-0.1, -0.05) is 6.07 Å². The fourth-order valence-corrected chi connectivity index (χ4v) is 3.25. The zero-order valence-corrected chi connectivity index (χ0v) is 13.3. The lowest BCUT2D eigenvalue weighted by Gasteiger charge is -2.12. The lowest BCUT2D eigenvalue weighted by molar-refractivity contribution is 0.181. The zero-order valence-electron chi connectivity index (χ0n) is 11.7. The van der Waals surface area contributed by atoms with Crippen LogP contribution < -0.4 is 0 Å². The number of ether oxygens (including phenoxy) is 1. The Kier molecular flexibility index (Phi) is 5.37. The van der Waals surface area contributed by atoms with Crippen LogP contribution in [0.5, 0.6) is 0 Å². The van der Waals surface area contributed by atoms with E-state index in [9.17, 15) is 10.1 Å². The summed E-state index contributed by atoms with van der Waals surface area (Å²) in [4.78, 5) is 17.2. The Labute approximate surface area is 131 Å². The number of hydrogen-bond acceptors (Lipinski definition) is 6. The maximum atomic E-state index is 11.6. The van der Waals surface area contributed by atoms with Crippen molar-refractivity contribution in [3.63, 3.8) is 0 Å². The van der Waals surface area contributed by atoms with Crippen LogP contribution in [0.15, 0.2) is 29.6 Å². The molecule has 0 spiro atoms. The van der Waals surface area contributed by atoms with Crippen molar-refractivity contribution >= 4 is 28.4 Å². The van der Waals surface area contributed by atoms with E-state index in [1.807, 2.05) is 30.5 Å². The van der Waals surface area contributed by atoms with E-state index >= 15 is 0 Å². The molecule has 0 saturated carbocycles. The summed E-state index contributed by atoms with van der Waals surface area (Å²) in [6, 6.07) is 9.64. The van der Waals surface area contributed by atoms with E-state index in [4.69, 9.17) is 4.74 Å². The largest absolute Gasteiger partial charge is 0.458 e. The first-order valence-corrected chi connectivity index (χ1v) is 8.20. The van der Waals surface area contributed by atoms with Gasteiger partial charge in [-0.05, 0) is 49.2 Å². The minimum atomic E-state index is -0.350. The van der Waals surface area contributed by atoms with Crippen molar-refractivity contribution in [2.24, 2.45) is 0 Å². The van der Waals surface area contributed by atoms with Gasteiger partial charge in [-0.25, -0.2) is 9.78 Å². The van der Waals surface area contributed by atoms with Gasteiger partial charge < -0.3 is 4.74 Å². The van der Waals surface area contributed by atoms with Crippen molar-refractivity contribution in [3.8, 4) is 16.6 Å². The molecule has 0 radical (unpaired) electrons. The predicted octanol–water partition coefficient (Wildman–Crippen LogP) is 4.63. The molecule has 2 rings (SSSR count). The van der Waals surface area contributed by atoms with Gasteiger partial charge in [0.25, 0.3) is 0 Å². The number of carbonyl (C=O) groups is 1. The minimum absolute atomic E-state index is 0.237. The average Bonchev–Trinajstić information content (AvgIpc) is 3.01. The Bertz CT molecular complexity index is 663. The van der Waals surface area contributed by atoms with Crippen molar-refractivity contribution in [2.45, 2.75) is 19.1 Å². The Morgan fingerprint density at radius 2 is 2.33 bits per heavy atom. The molecular weight excluding hydrogens is 304 g/mol. The fraction of sp³-hybridized carbons (Fsp3) is 0.267. The van der Waals surface area contributed by atoms with Crippen LogP contribution in [-0.2, 0) is 4.74 Å². The van der Waals surface area contributed by atoms with E-state index in [1.54, 1.807) is 24.3 Å². The number of rotatable bonds is 4. The second kappa shape index (κ2) is 7.25. The van der Waals surface area contributed by atoms with Gasteiger partial charge in [-0.2, -0.15) is 5.26 Å². The molecule has 0 bridgehead atoms. The van der Waals surface area contributed by atoms with E-state index in [1.165, 1.54) is 0 Å². The van der Waals surface area contributed by atoms with Crippen LogP contribution in [0.2, 0.25) is 0 Å². The van der Waals surface area contributed by atoms with Gasteiger partial charge in [0.2, 0.25) is 0 Å². The number of thioether (sulfide) groups is 1. The third-order valence-corrected chi connectivity index (χ3v) is 4.52. The summed E-state index contributed by atoms with van der Waals surface area (Å²) in [5.74, 6) is 0. The molecule has 0 aliphatic rings. The molecule has 2 aromatic rings. The number of hydrogen-bond donors (Lipinski definition) is 0. The lowest BCUT2D eigenvalue weighted by atomic mass is 10.1. The summed E-state index contributed by atoms with van der Waals surface area (Å²) in [7, 11) is 0. The van der Waals surface area contributed by atoms with E-state index in [-0.39, 0.29) is 10.6 Å². The van der Waals surface area contributed by atoms with E-state index in [0.717, 1.165) is 22.3 Å². The lowest BCUT2D eigenvalue weighted by Crippen LogP contribution is -2.04. The minimum Gasteiger partial charge on any atom is -0.458 e. The normalized spacial score (nSPS) is 11.7. The van der Waals surface area contributed by atoms with Crippen LogP contribution in [0.1, 0.15) is 30.4 Å². The molecule has 6 heteroatoms. The maximum absolute atomic E-state index is 11.6. The van der Waals surface area contributed by atoms with Crippen molar-refractivity contribution in [2.75, 3.05) is 6.61 Å². The molecule has 2 aromatic heterocycles. The highest BCUT2D eigenvalue weighted by Crippen LogP contribution is 2.33. The Hall–Kier alpha value is -1.84. The van der Waals surface area contributed by atoms with Crippen molar-refractivity contribution < 1.29 is 9.53 Å². The standard InChI is InChI=1S/C15H14N2O2S2/c1-3-19-15(18)21-10(2)14-11(9-16)6-7-12(17-14)13-5-4-8-20-13/h4-8,10H,3H2,1-2H3. The topological polar surface area (TPSA) is 63.0 Å². The Morgan fingerprint density at radius 1 is 1.52 bits per heavy atom. The van der Waals surface area contributed by atoms with Crippen molar-refractivity contribution in [1.29, 1.82) is 5.26 Å². The Balaban J connectivity index is 2.30. The molecule has 0 aromatic carbocycles. The molecule has 2 heterocycles. The van der Waals surface area contributed by atoms with E-state index in [0.29, 0.717) is 17.9 Å². The first-order valence-electron chi connectivity index (χ1n) is 6.44. The molecule has 0 fully saturated rings. The first kappa shape index (κ1) is 15.5. The molecule has 0 amide bonds. The van der Waals surface area contributed by atoms with Gasteiger partial charge in [0.15, 0.2) is 0 Å². The van der Waals surface area contributed by atoms with Gasteiger partial charge in [-0.15, -0.1) is 11.3 Å². The summed E-state index contributed by atoms with van der Waals surface area (Å²) < 4.78 is 4.93.